The summed E-state index contributed by atoms with van der Waals surface area (Å²) in [5.41, 5.74) is 15.1. The van der Waals surface area contributed by atoms with Gasteiger partial charge >= 0.3 is 0 Å². The quantitative estimate of drug-likeness (QED) is 0.178. The number of hydrogen-bond donors (Lipinski definition) is 0. The molecule has 0 saturated heterocycles. The average Bonchev–Trinajstić information content (AvgIpc) is 4.02. The van der Waals surface area contributed by atoms with Crippen molar-refractivity contribution in [3.63, 3.8) is 0 Å². The van der Waals surface area contributed by atoms with Crippen molar-refractivity contribution >= 4 is 75.3 Å². The second-order valence-electron chi connectivity index (χ2n) is 16.5. The van der Waals surface area contributed by atoms with Crippen LogP contribution in [0.5, 0.6) is 0 Å². The maximum absolute atomic E-state index is 6.53. The topological polar surface area (TPSA) is 43.9 Å². The van der Waals surface area contributed by atoms with Crippen molar-refractivity contribution in [2.45, 2.75) is 19.3 Å². The molecule has 0 aliphatic heterocycles. The molecule has 4 heterocycles. The highest BCUT2D eigenvalue weighted by Crippen LogP contribution is 2.50. The first-order valence-electron chi connectivity index (χ1n) is 20.5. The van der Waals surface area contributed by atoms with Gasteiger partial charge in [-0.1, -0.05) is 117 Å². The van der Waals surface area contributed by atoms with E-state index in [4.69, 9.17) is 14.4 Å². The Labute approximate surface area is 349 Å². The number of fused-ring (bicyclic) bond motifs is 13. The lowest BCUT2D eigenvalue weighted by atomic mass is 9.82. The molecule has 8 aromatic carbocycles. The smallest absolute Gasteiger partial charge is 0.160 e. The molecule has 60 heavy (non-hydrogen) atoms. The van der Waals surface area contributed by atoms with E-state index < -0.39 is 0 Å². The zero-order valence-electron chi connectivity index (χ0n) is 32.9. The van der Waals surface area contributed by atoms with Crippen molar-refractivity contribution in [3.8, 4) is 50.7 Å². The summed E-state index contributed by atoms with van der Waals surface area (Å²) in [7, 11) is 0. The molecule has 282 valence electrons. The van der Waals surface area contributed by atoms with Crippen LogP contribution < -0.4 is 0 Å². The van der Waals surface area contributed by atoms with Crippen LogP contribution in [0, 0.1) is 0 Å². The summed E-state index contributed by atoms with van der Waals surface area (Å²) in [5, 5.41) is 7.15. The number of nitrogens with zero attached hydrogens (tertiary/aromatic N) is 3. The van der Waals surface area contributed by atoms with Gasteiger partial charge in [-0.3, -0.25) is 0 Å². The van der Waals surface area contributed by atoms with Crippen LogP contribution in [0.1, 0.15) is 25.0 Å². The first-order chi connectivity index (χ1) is 29.5. The summed E-state index contributed by atoms with van der Waals surface area (Å²) in [6.07, 6.45) is 0. The van der Waals surface area contributed by atoms with Gasteiger partial charge in [0.15, 0.2) is 5.82 Å². The second kappa shape index (κ2) is 12.3. The molecular weight excluding hydrogens is 751 g/mol. The molecule has 1 aliphatic rings. The summed E-state index contributed by atoms with van der Waals surface area (Å²) in [4.78, 5) is 10.8. The van der Waals surface area contributed by atoms with E-state index >= 15 is 0 Å². The number of hydrogen-bond acceptors (Lipinski definition) is 4. The predicted octanol–water partition coefficient (Wildman–Crippen LogP) is 15.1. The number of para-hydroxylation sites is 2. The summed E-state index contributed by atoms with van der Waals surface area (Å²) in [5.74, 6) is 0.681. The minimum absolute atomic E-state index is 0.138. The lowest BCUT2D eigenvalue weighted by molar-refractivity contribution is 0.660. The zero-order valence-corrected chi connectivity index (χ0v) is 33.7. The van der Waals surface area contributed by atoms with E-state index in [9.17, 15) is 0 Å². The van der Waals surface area contributed by atoms with Crippen LogP contribution in [0.15, 0.2) is 180 Å². The van der Waals surface area contributed by atoms with Gasteiger partial charge in [-0.15, -0.1) is 11.3 Å². The summed E-state index contributed by atoms with van der Waals surface area (Å²) < 4.78 is 11.4. The van der Waals surface area contributed by atoms with E-state index in [1.807, 2.05) is 11.3 Å². The molecule has 0 bridgehead atoms. The largest absolute Gasteiger partial charge is 0.456 e. The molecule has 4 aromatic heterocycles. The van der Waals surface area contributed by atoms with E-state index in [0.29, 0.717) is 5.82 Å². The maximum atomic E-state index is 6.53. The van der Waals surface area contributed by atoms with Crippen molar-refractivity contribution in [2.75, 3.05) is 0 Å². The molecule has 1 aliphatic carbocycles. The van der Waals surface area contributed by atoms with Gasteiger partial charge in [0.25, 0.3) is 0 Å². The van der Waals surface area contributed by atoms with Crippen LogP contribution in [0.4, 0.5) is 0 Å². The molecule has 0 fully saturated rings. The third kappa shape index (κ3) is 4.78. The third-order valence-electron chi connectivity index (χ3n) is 12.8. The normalized spacial score (nSPS) is 13.3. The molecule has 0 saturated carbocycles. The van der Waals surface area contributed by atoms with Gasteiger partial charge in [0.1, 0.15) is 11.2 Å². The lowest BCUT2D eigenvalue weighted by Gasteiger charge is -2.22. The Morgan fingerprint density at radius 3 is 2.03 bits per heavy atom. The van der Waals surface area contributed by atoms with Gasteiger partial charge in [0.2, 0.25) is 0 Å². The van der Waals surface area contributed by atoms with Crippen LogP contribution in [0.25, 0.3) is 115 Å². The van der Waals surface area contributed by atoms with Crippen molar-refractivity contribution in [2.24, 2.45) is 0 Å². The van der Waals surface area contributed by atoms with Crippen molar-refractivity contribution in [1.29, 1.82) is 0 Å². The molecule has 0 radical (unpaired) electrons. The second-order valence-corrected chi connectivity index (χ2v) is 17.6. The summed E-state index contributed by atoms with van der Waals surface area (Å²) in [6, 6.07) is 63.3. The van der Waals surface area contributed by atoms with E-state index in [2.05, 4.69) is 194 Å². The van der Waals surface area contributed by atoms with E-state index in [-0.39, 0.29) is 5.41 Å². The molecule has 0 spiro atoms. The van der Waals surface area contributed by atoms with Gasteiger partial charge in [-0.2, -0.15) is 0 Å². The predicted molar refractivity (Wildman–Crippen MR) is 250 cm³/mol. The molecule has 13 rings (SSSR count). The lowest BCUT2D eigenvalue weighted by Crippen LogP contribution is -2.14. The van der Waals surface area contributed by atoms with Gasteiger partial charge in [-0.05, 0) is 95.1 Å². The highest BCUT2D eigenvalue weighted by molar-refractivity contribution is 7.26. The monoisotopic (exact) mass is 785 g/mol. The number of aromatic nitrogens is 3. The van der Waals surface area contributed by atoms with Crippen molar-refractivity contribution < 1.29 is 4.42 Å². The molecule has 0 unspecified atom stereocenters. The van der Waals surface area contributed by atoms with Crippen molar-refractivity contribution in [3.05, 3.63) is 187 Å². The average molecular weight is 786 g/mol. The summed E-state index contributed by atoms with van der Waals surface area (Å²) >= 11 is 1.83. The number of furan rings is 1. The van der Waals surface area contributed by atoms with Gasteiger partial charge < -0.3 is 8.98 Å². The van der Waals surface area contributed by atoms with Crippen LogP contribution in [-0.2, 0) is 5.41 Å². The van der Waals surface area contributed by atoms with Gasteiger partial charge in [0, 0.05) is 69.5 Å². The molecule has 0 amide bonds. The highest BCUT2D eigenvalue weighted by Gasteiger charge is 2.35. The Morgan fingerprint density at radius 2 is 1.15 bits per heavy atom. The Balaban J connectivity index is 1.05. The van der Waals surface area contributed by atoms with Gasteiger partial charge in [0.05, 0.1) is 22.4 Å². The maximum Gasteiger partial charge on any atom is 0.160 e. The summed E-state index contributed by atoms with van der Waals surface area (Å²) in [6.45, 7) is 4.66. The van der Waals surface area contributed by atoms with E-state index in [1.165, 1.54) is 58.7 Å². The molecule has 4 nitrogen and oxygen atoms in total. The Hall–Kier alpha value is -7.34. The SMILES string of the molecule is CC1(C)c2ccccc2-c2ccc(-c3cc(-c4ccc5oc6ccc7sc8ccccc8c7c6c5c4)nc(-c4ccc5c6ccccc6n(-c6ccccc6)c5c4)n3)cc21. The minimum atomic E-state index is -0.138. The molecule has 12 aromatic rings. The minimum Gasteiger partial charge on any atom is -0.456 e. The Bertz CT molecular complexity index is 3760. The van der Waals surface area contributed by atoms with Crippen LogP contribution in [0.2, 0.25) is 0 Å². The Morgan fingerprint density at radius 1 is 0.467 bits per heavy atom. The fourth-order valence-electron chi connectivity index (χ4n) is 9.94. The number of benzene rings is 8. The molecule has 0 N–H and O–H groups in total. The fraction of sp³-hybridized carbons (Fsp3) is 0.0545. The van der Waals surface area contributed by atoms with Crippen molar-refractivity contribution in [1.82, 2.24) is 14.5 Å². The molecule has 5 heteroatoms. The van der Waals surface area contributed by atoms with Crippen LogP contribution in [-0.4, -0.2) is 14.5 Å². The molecular formula is C55H35N3OS. The molecule has 0 atom stereocenters. The van der Waals surface area contributed by atoms with E-state index in [1.54, 1.807) is 0 Å². The zero-order chi connectivity index (χ0) is 39.7. The van der Waals surface area contributed by atoms with Crippen LogP contribution >= 0.6 is 11.3 Å². The van der Waals surface area contributed by atoms with Gasteiger partial charge in [-0.25, -0.2) is 9.97 Å². The Kier molecular flexibility index (Phi) is 6.91. The number of thiophene rings is 1. The third-order valence-corrected chi connectivity index (χ3v) is 14.0. The first-order valence-corrected chi connectivity index (χ1v) is 21.3. The highest BCUT2D eigenvalue weighted by atomic mass is 32.1. The first kappa shape index (κ1) is 33.6. The number of rotatable bonds is 4. The van der Waals surface area contributed by atoms with Crippen LogP contribution in [0.3, 0.4) is 0 Å². The fourth-order valence-corrected chi connectivity index (χ4v) is 11.1. The van der Waals surface area contributed by atoms with E-state index in [0.717, 1.165) is 61.2 Å². The standard InChI is InChI=1S/C55H35N3OS/c1-55(2)42-17-9-6-14-36(42)37-23-20-33(29-43(37)55)45-31-44(32-22-25-48-41(28-32)52-49(59-48)26-27-51-53(52)40-16-8-11-19-50(40)60-51)56-54(57-45)34-21-24-39-38-15-7-10-18-46(38)58(47(39)30-34)35-12-4-3-5-13-35/h3-31H,1-2H3.